The molecule has 1 aromatic carbocycles. The highest BCUT2D eigenvalue weighted by Gasteiger charge is 2.36. The standard InChI is InChI=1S/C18H23NO5/c1-18(2,3)24-17(22)19-12-8-7-11-14(19)16(21)23-15(20)13-9-5-4-6-10-13/h4-6,9-10,14H,7-8,11-12H2,1-3H3/t14-/m1/s1. The van der Waals surface area contributed by atoms with Crippen LogP contribution in [0.25, 0.3) is 0 Å². The van der Waals surface area contributed by atoms with Gasteiger partial charge in [0.05, 0.1) is 5.56 Å². The van der Waals surface area contributed by atoms with Crippen LogP contribution in [0.5, 0.6) is 0 Å². The Morgan fingerprint density at radius 2 is 1.75 bits per heavy atom. The smallest absolute Gasteiger partial charge is 0.411 e. The third-order valence-corrected chi connectivity index (χ3v) is 3.61. The SMILES string of the molecule is CC(C)(C)OC(=O)N1CCCC[C@@H]1C(=O)OC(=O)c1ccccc1. The minimum absolute atomic E-state index is 0.297. The van der Waals surface area contributed by atoms with E-state index in [1.165, 1.54) is 4.90 Å². The first-order chi connectivity index (χ1) is 11.3. The van der Waals surface area contributed by atoms with Crippen LogP contribution in [0.3, 0.4) is 0 Å². The van der Waals surface area contributed by atoms with Crippen LogP contribution >= 0.6 is 0 Å². The maximum absolute atomic E-state index is 12.4. The summed E-state index contributed by atoms with van der Waals surface area (Å²) >= 11 is 0. The predicted octanol–water partition coefficient (Wildman–Crippen LogP) is 3.16. The monoisotopic (exact) mass is 333 g/mol. The van der Waals surface area contributed by atoms with Gasteiger partial charge in [-0.2, -0.15) is 0 Å². The summed E-state index contributed by atoms with van der Waals surface area (Å²) in [6.45, 7) is 5.71. The van der Waals surface area contributed by atoms with Crippen molar-refractivity contribution in [3.8, 4) is 0 Å². The number of nitrogens with zero attached hydrogens (tertiary/aromatic N) is 1. The van der Waals surface area contributed by atoms with E-state index in [1.54, 1.807) is 51.1 Å². The van der Waals surface area contributed by atoms with Gasteiger partial charge >= 0.3 is 18.0 Å². The van der Waals surface area contributed by atoms with Crippen molar-refractivity contribution in [2.24, 2.45) is 0 Å². The molecule has 1 saturated heterocycles. The van der Waals surface area contributed by atoms with E-state index in [0.29, 0.717) is 18.5 Å². The number of hydrogen-bond donors (Lipinski definition) is 0. The number of carbonyl (C=O) groups is 3. The molecule has 1 aliphatic heterocycles. The fourth-order valence-electron chi connectivity index (χ4n) is 2.51. The summed E-state index contributed by atoms with van der Waals surface area (Å²) in [6, 6.07) is 7.50. The van der Waals surface area contributed by atoms with E-state index in [2.05, 4.69) is 0 Å². The molecular formula is C18H23NO5. The zero-order valence-corrected chi connectivity index (χ0v) is 14.3. The molecule has 1 aliphatic rings. The van der Waals surface area contributed by atoms with E-state index in [-0.39, 0.29) is 0 Å². The van der Waals surface area contributed by atoms with Crippen LogP contribution in [0.2, 0.25) is 0 Å². The maximum atomic E-state index is 12.4. The van der Waals surface area contributed by atoms with Gasteiger partial charge in [0.15, 0.2) is 0 Å². The second kappa shape index (κ2) is 7.47. The van der Waals surface area contributed by atoms with Gasteiger partial charge in [0.25, 0.3) is 0 Å². The molecule has 1 amide bonds. The van der Waals surface area contributed by atoms with E-state index >= 15 is 0 Å². The van der Waals surface area contributed by atoms with Crippen molar-refractivity contribution in [1.82, 2.24) is 4.90 Å². The molecule has 130 valence electrons. The lowest BCUT2D eigenvalue weighted by atomic mass is 10.0. The van der Waals surface area contributed by atoms with Gasteiger partial charge < -0.3 is 9.47 Å². The Balaban J connectivity index is 2.05. The summed E-state index contributed by atoms with van der Waals surface area (Å²) in [5, 5.41) is 0. The summed E-state index contributed by atoms with van der Waals surface area (Å²) in [7, 11) is 0. The Labute approximate surface area is 141 Å². The molecule has 0 radical (unpaired) electrons. The van der Waals surface area contributed by atoms with Gasteiger partial charge in [-0.05, 0) is 52.2 Å². The Bertz CT molecular complexity index is 606. The van der Waals surface area contributed by atoms with Gasteiger partial charge in [-0.1, -0.05) is 18.2 Å². The number of likely N-dealkylation sites (tertiary alicyclic amines) is 1. The van der Waals surface area contributed by atoms with E-state index < -0.39 is 29.7 Å². The van der Waals surface area contributed by atoms with Crippen LogP contribution in [-0.4, -0.2) is 41.1 Å². The number of ether oxygens (including phenoxy) is 2. The van der Waals surface area contributed by atoms with Crippen molar-refractivity contribution in [3.05, 3.63) is 35.9 Å². The lowest BCUT2D eigenvalue weighted by Crippen LogP contribution is -2.50. The minimum atomic E-state index is -0.790. The normalized spacial score (nSPS) is 18.0. The fourth-order valence-corrected chi connectivity index (χ4v) is 2.51. The molecule has 24 heavy (non-hydrogen) atoms. The van der Waals surface area contributed by atoms with Crippen LogP contribution < -0.4 is 0 Å². The van der Waals surface area contributed by atoms with Gasteiger partial charge in [-0.3, -0.25) is 4.90 Å². The van der Waals surface area contributed by atoms with Gasteiger partial charge in [0.1, 0.15) is 11.6 Å². The third kappa shape index (κ3) is 4.81. The second-order valence-corrected chi connectivity index (χ2v) is 6.76. The quantitative estimate of drug-likeness (QED) is 0.614. The molecule has 1 heterocycles. The first-order valence-electron chi connectivity index (χ1n) is 8.08. The molecule has 6 nitrogen and oxygen atoms in total. The molecule has 0 aliphatic carbocycles. The molecular weight excluding hydrogens is 310 g/mol. The van der Waals surface area contributed by atoms with E-state index in [9.17, 15) is 14.4 Å². The Morgan fingerprint density at radius 1 is 1.08 bits per heavy atom. The number of rotatable bonds is 2. The number of hydrogen-bond acceptors (Lipinski definition) is 5. The average molecular weight is 333 g/mol. The Hall–Kier alpha value is -2.37. The van der Waals surface area contributed by atoms with Crippen LogP contribution in [0.4, 0.5) is 4.79 Å². The minimum Gasteiger partial charge on any atom is -0.444 e. The van der Waals surface area contributed by atoms with Crippen molar-refractivity contribution in [2.75, 3.05) is 6.54 Å². The summed E-state index contributed by atoms with van der Waals surface area (Å²) in [6.07, 6.45) is 1.48. The molecule has 0 aromatic heterocycles. The van der Waals surface area contributed by atoms with Crippen LogP contribution in [0, 0.1) is 0 Å². The number of esters is 2. The van der Waals surface area contributed by atoms with E-state index in [0.717, 1.165) is 12.8 Å². The van der Waals surface area contributed by atoms with Crippen LogP contribution in [-0.2, 0) is 14.3 Å². The van der Waals surface area contributed by atoms with Gasteiger partial charge in [0.2, 0.25) is 0 Å². The van der Waals surface area contributed by atoms with Crippen molar-refractivity contribution in [1.29, 1.82) is 0 Å². The van der Waals surface area contributed by atoms with Crippen molar-refractivity contribution in [3.63, 3.8) is 0 Å². The summed E-state index contributed by atoms with van der Waals surface area (Å²) in [4.78, 5) is 38.0. The molecule has 0 bridgehead atoms. The zero-order valence-electron chi connectivity index (χ0n) is 14.3. The highest BCUT2D eigenvalue weighted by atomic mass is 16.6. The molecule has 1 fully saturated rings. The third-order valence-electron chi connectivity index (χ3n) is 3.61. The second-order valence-electron chi connectivity index (χ2n) is 6.76. The van der Waals surface area contributed by atoms with Crippen molar-refractivity contribution >= 4 is 18.0 Å². The fraction of sp³-hybridized carbons (Fsp3) is 0.500. The molecule has 1 aromatic rings. The molecule has 6 heteroatoms. The number of benzene rings is 1. The van der Waals surface area contributed by atoms with E-state index in [4.69, 9.17) is 9.47 Å². The Morgan fingerprint density at radius 3 is 2.38 bits per heavy atom. The van der Waals surface area contributed by atoms with Crippen LogP contribution in [0.15, 0.2) is 30.3 Å². The Kier molecular flexibility index (Phi) is 5.59. The highest BCUT2D eigenvalue weighted by Crippen LogP contribution is 2.21. The number of piperidine rings is 1. The van der Waals surface area contributed by atoms with Gasteiger partial charge in [0, 0.05) is 6.54 Å². The average Bonchev–Trinajstić information content (AvgIpc) is 2.54. The largest absolute Gasteiger partial charge is 0.444 e. The van der Waals surface area contributed by atoms with Crippen molar-refractivity contribution in [2.45, 2.75) is 51.7 Å². The first-order valence-corrected chi connectivity index (χ1v) is 8.08. The first kappa shape index (κ1) is 18.0. The molecule has 0 saturated carbocycles. The topological polar surface area (TPSA) is 72.9 Å². The molecule has 2 rings (SSSR count). The van der Waals surface area contributed by atoms with Crippen molar-refractivity contribution < 1.29 is 23.9 Å². The number of carbonyl (C=O) groups excluding carboxylic acids is 3. The maximum Gasteiger partial charge on any atom is 0.411 e. The summed E-state index contributed by atoms with van der Waals surface area (Å²) in [5.41, 5.74) is -0.353. The summed E-state index contributed by atoms with van der Waals surface area (Å²) < 4.78 is 10.3. The highest BCUT2D eigenvalue weighted by molar-refractivity contribution is 5.98. The lowest BCUT2D eigenvalue weighted by Gasteiger charge is -2.35. The van der Waals surface area contributed by atoms with Gasteiger partial charge in [-0.25, -0.2) is 14.4 Å². The molecule has 0 unspecified atom stereocenters. The number of amides is 1. The van der Waals surface area contributed by atoms with Crippen LogP contribution in [0.1, 0.15) is 50.4 Å². The van der Waals surface area contributed by atoms with E-state index in [1.807, 2.05) is 0 Å². The molecule has 1 atom stereocenters. The lowest BCUT2D eigenvalue weighted by molar-refractivity contribution is -0.145. The predicted molar refractivity (Wildman–Crippen MR) is 87.4 cm³/mol. The van der Waals surface area contributed by atoms with Gasteiger partial charge in [-0.15, -0.1) is 0 Å². The zero-order chi connectivity index (χ0) is 17.7. The summed E-state index contributed by atoms with van der Waals surface area (Å²) in [5.74, 6) is -1.43. The molecule has 0 N–H and O–H groups in total. The molecule has 0 spiro atoms.